The van der Waals surface area contributed by atoms with Crippen LogP contribution in [0.25, 0.3) is 0 Å². The molecule has 0 saturated heterocycles. The van der Waals surface area contributed by atoms with Crippen LogP contribution < -0.4 is 11.1 Å². The normalized spacial score (nSPS) is 14.8. The molecule has 1 aliphatic rings. The maximum absolute atomic E-state index is 13.1. The first-order valence-corrected chi connectivity index (χ1v) is 12.2. The smallest absolute Gasteiger partial charge is 0.378 e. The molecule has 1 aromatic heterocycles. The molecule has 10 heteroatoms. The zero-order valence-corrected chi connectivity index (χ0v) is 19.3. The van der Waals surface area contributed by atoms with Gasteiger partial charge in [-0.2, -0.15) is 13.2 Å². The van der Waals surface area contributed by atoms with Gasteiger partial charge in [-0.05, 0) is 48.7 Å². The second-order valence-corrected chi connectivity index (χ2v) is 9.29. The molecule has 6 nitrogen and oxygen atoms in total. The number of aromatic nitrogens is 3. The fraction of sp³-hybridized carbons (Fsp3) is 0.375. The van der Waals surface area contributed by atoms with E-state index >= 15 is 0 Å². The van der Waals surface area contributed by atoms with Gasteiger partial charge in [0.05, 0.1) is 12.1 Å². The molecule has 0 radical (unpaired) electrons. The number of carbonyl (C=O) groups excluding carboxylic acids is 1. The van der Waals surface area contributed by atoms with E-state index in [2.05, 4.69) is 20.1 Å². The van der Waals surface area contributed by atoms with Crippen molar-refractivity contribution >= 4 is 23.4 Å². The number of thioether (sulfide) groups is 1. The molecule has 0 unspecified atom stereocenters. The number of rotatable bonds is 8. The highest BCUT2D eigenvalue weighted by atomic mass is 32.2. The van der Waals surface area contributed by atoms with Gasteiger partial charge in [0.1, 0.15) is 0 Å². The number of halogens is 3. The lowest BCUT2D eigenvalue weighted by Crippen LogP contribution is -2.18. The number of alkyl halides is 3. The number of primary amides is 1. The van der Waals surface area contributed by atoms with E-state index in [9.17, 15) is 18.0 Å². The van der Waals surface area contributed by atoms with Crippen molar-refractivity contribution in [2.24, 2.45) is 5.73 Å². The monoisotopic (exact) mass is 489 g/mol. The number of anilines is 1. The Kier molecular flexibility index (Phi) is 7.45. The number of carbonyl (C=O) groups is 1. The summed E-state index contributed by atoms with van der Waals surface area (Å²) in [7, 11) is 0. The number of hydrogen-bond acceptors (Lipinski definition) is 5. The van der Waals surface area contributed by atoms with E-state index in [0.717, 1.165) is 48.5 Å². The summed E-state index contributed by atoms with van der Waals surface area (Å²) in [6.45, 7) is 0.266. The molecule has 0 bridgehead atoms. The van der Waals surface area contributed by atoms with Gasteiger partial charge in [-0.3, -0.25) is 4.79 Å². The van der Waals surface area contributed by atoms with Crippen molar-refractivity contribution in [2.75, 3.05) is 5.32 Å². The predicted molar refractivity (Wildman–Crippen MR) is 125 cm³/mol. The van der Waals surface area contributed by atoms with E-state index < -0.39 is 17.6 Å². The first-order valence-electron chi connectivity index (χ1n) is 11.2. The molecule has 3 aromatic rings. The van der Waals surface area contributed by atoms with Gasteiger partial charge in [-0.25, -0.2) is 0 Å². The summed E-state index contributed by atoms with van der Waals surface area (Å²) >= 11 is 1.52. The van der Waals surface area contributed by atoms with Crippen molar-refractivity contribution in [3.63, 3.8) is 0 Å². The van der Waals surface area contributed by atoms with Gasteiger partial charge in [-0.15, -0.1) is 10.2 Å². The van der Waals surface area contributed by atoms with Crippen LogP contribution in [0, 0.1) is 0 Å². The number of nitrogens with two attached hydrogens (primary N) is 1. The van der Waals surface area contributed by atoms with E-state index in [1.807, 2.05) is 6.07 Å². The highest BCUT2D eigenvalue weighted by Gasteiger charge is 2.30. The van der Waals surface area contributed by atoms with Gasteiger partial charge in [0.25, 0.3) is 0 Å². The van der Waals surface area contributed by atoms with Gasteiger partial charge in [0, 0.05) is 23.0 Å². The third-order valence-electron chi connectivity index (χ3n) is 5.89. The van der Waals surface area contributed by atoms with Crippen molar-refractivity contribution in [1.29, 1.82) is 0 Å². The van der Waals surface area contributed by atoms with E-state index in [1.165, 1.54) is 24.2 Å². The zero-order valence-electron chi connectivity index (χ0n) is 18.5. The molecule has 1 heterocycles. The number of benzene rings is 2. The summed E-state index contributed by atoms with van der Waals surface area (Å²) in [6, 6.07) is 12.6. The molecule has 3 N–H and O–H groups in total. The van der Waals surface area contributed by atoms with E-state index in [-0.39, 0.29) is 12.6 Å². The quantitative estimate of drug-likeness (QED) is 0.390. The molecule has 1 aliphatic carbocycles. The Morgan fingerprint density at radius 3 is 2.59 bits per heavy atom. The van der Waals surface area contributed by atoms with Crippen LogP contribution in [-0.4, -0.2) is 20.7 Å². The highest BCUT2D eigenvalue weighted by molar-refractivity contribution is 7.98. The van der Waals surface area contributed by atoms with Crippen LogP contribution in [0.15, 0.2) is 53.7 Å². The van der Waals surface area contributed by atoms with Crippen LogP contribution in [-0.2, 0) is 18.5 Å². The van der Waals surface area contributed by atoms with Crippen LogP contribution in [0.2, 0.25) is 0 Å². The van der Waals surface area contributed by atoms with Crippen LogP contribution >= 0.6 is 11.8 Å². The first kappa shape index (κ1) is 24.1. The van der Waals surface area contributed by atoms with Crippen LogP contribution in [0.1, 0.15) is 65.5 Å². The fourth-order valence-electron chi connectivity index (χ4n) is 4.18. The summed E-state index contributed by atoms with van der Waals surface area (Å²) in [5, 5.41) is 12.6. The number of amides is 1. The minimum atomic E-state index is -4.39. The molecule has 1 amide bonds. The van der Waals surface area contributed by atoms with Crippen molar-refractivity contribution in [3.8, 4) is 0 Å². The third-order valence-corrected chi connectivity index (χ3v) is 6.91. The van der Waals surface area contributed by atoms with Gasteiger partial charge in [-0.1, -0.05) is 49.2 Å². The maximum Gasteiger partial charge on any atom is 0.416 e. The SMILES string of the molecule is NC(=O)c1cccc(CSc2nnc(CNc3cccc(C(F)(F)F)c3)n2C2CCCCC2)c1. The number of nitrogens with one attached hydrogen (secondary N) is 1. The zero-order chi connectivity index (χ0) is 24.1. The number of nitrogens with zero attached hydrogens (tertiary/aromatic N) is 3. The summed E-state index contributed by atoms with van der Waals surface area (Å²) in [6.07, 6.45) is 1.06. The standard InChI is InChI=1S/C24H26F3N5OS/c25-24(26,27)18-8-5-9-19(13-18)29-14-21-30-31-23(32(21)20-10-2-1-3-11-20)34-15-16-6-4-7-17(12-16)22(28)33/h4-9,12-13,20,29H,1-3,10-11,14-15H2,(H2,28,33). The molecule has 0 aliphatic heterocycles. The van der Waals surface area contributed by atoms with Gasteiger partial charge in [0.15, 0.2) is 11.0 Å². The summed E-state index contributed by atoms with van der Waals surface area (Å²) in [5.41, 5.74) is 6.48. The molecule has 1 saturated carbocycles. The van der Waals surface area contributed by atoms with Crippen molar-refractivity contribution < 1.29 is 18.0 Å². The minimum absolute atomic E-state index is 0.251. The lowest BCUT2D eigenvalue weighted by molar-refractivity contribution is -0.137. The molecular formula is C24H26F3N5OS. The second kappa shape index (κ2) is 10.5. The van der Waals surface area contributed by atoms with Crippen molar-refractivity contribution in [2.45, 2.75) is 61.8 Å². The summed E-state index contributed by atoms with van der Waals surface area (Å²) in [4.78, 5) is 11.5. The fourth-order valence-corrected chi connectivity index (χ4v) is 5.15. The molecule has 1 fully saturated rings. The molecule has 2 aromatic carbocycles. The molecule has 0 spiro atoms. The van der Waals surface area contributed by atoms with E-state index in [4.69, 9.17) is 5.73 Å². The van der Waals surface area contributed by atoms with E-state index in [0.29, 0.717) is 22.8 Å². The van der Waals surface area contributed by atoms with Crippen molar-refractivity contribution in [1.82, 2.24) is 14.8 Å². The Morgan fingerprint density at radius 2 is 1.85 bits per heavy atom. The van der Waals surface area contributed by atoms with E-state index in [1.54, 1.807) is 24.3 Å². The Labute approximate surface area is 200 Å². The maximum atomic E-state index is 13.1. The molecule has 180 valence electrons. The number of hydrogen-bond donors (Lipinski definition) is 2. The average Bonchev–Trinajstić information content (AvgIpc) is 3.24. The lowest BCUT2D eigenvalue weighted by Gasteiger charge is -2.25. The second-order valence-electron chi connectivity index (χ2n) is 8.35. The van der Waals surface area contributed by atoms with Gasteiger partial charge < -0.3 is 15.6 Å². The first-order chi connectivity index (χ1) is 16.3. The average molecular weight is 490 g/mol. The van der Waals surface area contributed by atoms with Gasteiger partial charge >= 0.3 is 6.18 Å². The Bertz CT molecular complexity index is 1140. The predicted octanol–water partition coefficient (Wildman–Crippen LogP) is 5.81. The summed E-state index contributed by atoms with van der Waals surface area (Å²) in [5.74, 6) is 0.811. The minimum Gasteiger partial charge on any atom is -0.378 e. The highest BCUT2D eigenvalue weighted by Crippen LogP contribution is 2.34. The topological polar surface area (TPSA) is 85.8 Å². The molecule has 34 heavy (non-hydrogen) atoms. The third kappa shape index (κ3) is 5.91. The van der Waals surface area contributed by atoms with Crippen LogP contribution in [0.4, 0.5) is 18.9 Å². The molecular weight excluding hydrogens is 463 g/mol. The van der Waals surface area contributed by atoms with Crippen LogP contribution in [0.5, 0.6) is 0 Å². The summed E-state index contributed by atoms with van der Waals surface area (Å²) < 4.78 is 41.3. The molecule has 0 atom stereocenters. The molecule has 4 rings (SSSR count). The van der Waals surface area contributed by atoms with Crippen molar-refractivity contribution in [3.05, 3.63) is 71.0 Å². The van der Waals surface area contributed by atoms with Crippen LogP contribution in [0.3, 0.4) is 0 Å². The Hall–Kier alpha value is -3.01. The Morgan fingerprint density at radius 1 is 1.09 bits per heavy atom. The van der Waals surface area contributed by atoms with Gasteiger partial charge in [0.2, 0.25) is 5.91 Å². The Balaban J connectivity index is 1.52. The lowest BCUT2D eigenvalue weighted by atomic mass is 9.95. The largest absolute Gasteiger partial charge is 0.416 e.